The van der Waals surface area contributed by atoms with Crippen LogP contribution in [0.5, 0.6) is 5.75 Å². The van der Waals surface area contributed by atoms with Gasteiger partial charge in [-0.2, -0.15) is 0 Å². The molecule has 96 valence electrons. The number of halogens is 1. The van der Waals surface area contributed by atoms with Gasteiger partial charge in [0.25, 0.3) is 0 Å². The molecule has 3 rings (SSSR count). The van der Waals surface area contributed by atoms with E-state index in [2.05, 4.69) is 20.9 Å². The van der Waals surface area contributed by atoms with Gasteiger partial charge in [-0.3, -0.25) is 4.57 Å². The van der Waals surface area contributed by atoms with Crippen molar-refractivity contribution in [2.24, 2.45) is 0 Å². The average molecular weight is 335 g/mol. The van der Waals surface area contributed by atoms with Gasteiger partial charge in [0.1, 0.15) is 5.75 Å². The van der Waals surface area contributed by atoms with Crippen LogP contribution in [0.4, 0.5) is 0 Å². The molecule has 1 heterocycles. The molecule has 3 aromatic rings. The number of aromatic amines is 1. The molecule has 0 spiro atoms. The van der Waals surface area contributed by atoms with Crippen molar-refractivity contribution in [3.8, 4) is 11.4 Å². The summed E-state index contributed by atoms with van der Waals surface area (Å²) in [6.45, 7) is 0. The number of nitrogens with one attached hydrogen (secondary N) is 1. The van der Waals surface area contributed by atoms with E-state index in [0.717, 1.165) is 26.9 Å². The average Bonchev–Trinajstić information content (AvgIpc) is 2.74. The summed E-state index contributed by atoms with van der Waals surface area (Å²) < 4.78 is 8.95. The Labute approximate surface area is 124 Å². The summed E-state index contributed by atoms with van der Waals surface area (Å²) in [4.78, 5) is 3.21. The van der Waals surface area contributed by atoms with E-state index in [-0.39, 0.29) is 0 Å². The number of H-pyrrole nitrogens is 1. The molecule has 0 aliphatic carbocycles. The highest BCUT2D eigenvalue weighted by Gasteiger charge is 2.07. The van der Waals surface area contributed by atoms with Gasteiger partial charge in [0.15, 0.2) is 4.77 Å². The molecule has 1 N–H and O–H groups in total. The smallest absolute Gasteiger partial charge is 0.182 e. The highest BCUT2D eigenvalue weighted by Crippen LogP contribution is 2.25. The Kier molecular flexibility index (Phi) is 3.16. The number of aromatic nitrogens is 2. The lowest BCUT2D eigenvalue weighted by molar-refractivity contribution is 0.414. The number of ether oxygens (including phenoxy) is 1. The monoisotopic (exact) mass is 334 g/mol. The van der Waals surface area contributed by atoms with Gasteiger partial charge in [-0.15, -0.1) is 0 Å². The standard InChI is InChI=1S/C14H11BrN2OS/c1-18-11-4-2-3-10(8-11)17-13-7-9(15)5-6-12(13)16-14(17)19/h2-8H,1H3,(H,16,19). The van der Waals surface area contributed by atoms with E-state index < -0.39 is 0 Å². The number of fused-ring (bicyclic) bond motifs is 1. The Morgan fingerprint density at radius 3 is 2.84 bits per heavy atom. The molecule has 1 aromatic heterocycles. The van der Waals surface area contributed by atoms with Crippen molar-refractivity contribution in [1.82, 2.24) is 9.55 Å². The van der Waals surface area contributed by atoms with Gasteiger partial charge in [0, 0.05) is 10.5 Å². The highest BCUT2D eigenvalue weighted by atomic mass is 79.9. The first kappa shape index (κ1) is 12.4. The van der Waals surface area contributed by atoms with E-state index in [1.807, 2.05) is 47.0 Å². The quantitative estimate of drug-likeness (QED) is 0.701. The van der Waals surface area contributed by atoms with Crippen LogP contribution < -0.4 is 4.74 Å². The van der Waals surface area contributed by atoms with Crippen LogP contribution in [0.25, 0.3) is 16.7 Å². The zero-order chi connectivity index (χ0) is 13.4. The number of imidazole rings is 1. The van der Waals surface area contributed by atoms with E-state index in [4.69, 9.17) is 17.0 Å². The van der Waals surface area contributed by atoms with E-state index in [1.165, 1.54) is 0 Å². The molecule has 0 saturated carbocycles. The van der Waals surface area contributed by atoms with E-state index in [0.29, 0.717) is 4.77 Å². The Morgan fingerprint density at radius 1 is 1.21 bits per heavy atom. The fourth-order valence-electron chi connectivity index (χ4n) is 2.08. The fraction of sp³-hybridized carbons (Fsp3) is 0.0714. The van der Waals surface area contributed by atoms with Crippen LogP contribution in [-0.4, -0.2) is 16.7 Å². The number of rotatable bonds is 2. The number of benzene rings is 2. The summed E-state index contributed by atoms with van der Waals surface area (Å²) in [5.41, 5.74) is 3.03. The zero-order valence-electron chi connectivity index (χ0n) is 10.2. The van der Waals surface area contributed by atoms with Gasteiger partial charge < -0.3 is 9.72 Å². The van der Waals surface area contributed by atoms with Crippen molar-refractivity contribution >= 4 is 39.2 Å². The molecule has 0 atom stereocenters. The second-order valence-corrected chi connectivity index (χ2v) is 5.43. The number of hydrogen-bond acceptors (Lipinski definition) is 2. The van der Waals surface area contributed by atoms with Crippen molar-refractivity contribution in [3.05, 3.63) is 51.7 Å². The van der Waals surface area contributed by atoms with Crippen LogP contribution in [0, 0.1) is 4.77 Å². The maximum Gasteiger partial charge on any atom is 0.182 e. The molecule has 5 heteroatoms. The number of hydrogen-bond donors (Lipinski definition) is 1. The van der Waals surface area contributed by atoms with E-state index in [1.54, 1.807) is 7.11 Å². The molecule has 0 amide bonds. The van der Waals surface area contributed by atoms with Crippen LogP contribution in [0.1, 0.15) is 0 Å². The Morgan fingerprint density at radius 2 is 2.05 bits per heavy atom. The Bertz CT molecular complexity index is 807. The second kappa shape index (κ2) is 4.83. The summed E-state index contributed by atoms with van der Waals surface area (Å²) in [6.07, 6.45) is 0. The first-order valence-electron chi connectivity index (χ1n) is 5.74. The predicted molar refractivity (Wildman–Crippen MR) is 82.7 cm³/mol. The van der Waals surface area contributed by atoms with Crippen molar-refractivity contribution in [2.45, 2.75) is 0 Å². The van der Waals surface area contributed by atoms with Crippen molar-refractivity contribution in [2.75, 3.05) is 7.11 Å². The molecule has 0 aliphatic heterocycles. The SMILES string of the molecule is COc1cccc(-n2c(=S)[nH]c3ccc(Br)cc32)c1. The van der Waals surface area contributed by atoms with Crippen LogP contribution in [-0.2, 0) is 0 Å². The molecule has 3 nitrogen and oxygen atoms in total. The molecular weight excluding hydrogens is 324 g/mol. The normalized spacial score (nSPS) is 10.8. The summed E-state index contributed by atoms with van der Waals surface area (Å²) in [5.74, 6) is 0.809. The molecular formula is C14H11BrN2OS. The van der Waals surface area contributed by atoms with E-state index >= 15 is 0 Å². The van der Waals surface area contributed by atoms with E-state index in [9.17, 15) is 0 Å². The maximum absolute atomic E-state index is 5.41. The topological polar surface area (TPSA) is 29.9 Å². The minimum Gasteiger partial charge on any atom is -0.497 e. The summed E-state index contributed by atoms with van der Waals surface area (Å²) in [6, 6.07) is 13.9. The summed E-state index contributed by atoms with van der Waals surface area (Å²) in [7, 11) is 1.66. The molecule has 0 fully saturated rings. The van der Waals surface area contributed by atoms with Crippen molar-refractivity contribution in [1.29, 1.82) is 0 Å². The molecule has 0 unspecified atom stereocenters. The Hall–Kier alpha value is -1.59. The third kappa shape index (κ3) is 2.19. The van der Waals surface area contributed by atoms with Crippen LogP contribution in [0.15, 0.2) is 46.9 Å². The molecule has 0 radical (unpaired) electrons. The lowest BCUT2D eigenvalue weighted by Crippen LogP contribution is -1.94. The van der Waals surface area contributed by atoms with Crippen molar-refractivity contribution < 1.29 is 4.74 Å². The third-order valence-corrected chi connectivity index (χ3v) is 3.73. The lowest BCUT2D eigenvalue weighted by Gasteiger charge is -2.07. The molecule has 19 heavy (non-hydrogen) atoms. The fourth-order valence-corrected chi connectivity index (χ4v) is 2.74. The molecule has 0 saturated heterocycles. The first-order chi connectivity index (χ1) is 9.19. The van der Waals surface area contributed by atoms with Crippen molar-refractivity contribution in [3.63, 3.8) is 0 Å². The number of methoxy groups -OCH3 is 1. The highest BCUT2D eigenvalue weighted by molar-refractivity contribution is 9.10. The lowest BCUT2D eigenvalue weighted by atomic mass is 10.2. The van der Waals surface area contributed by atoms with Gasteiger partial charge in [0.05, 0.1) is 23.8 Å². The van der Waals surface area contributed by atoms with Crippen LogP contribution >= 0.6 is 28.1 Å². The van der Waals surface area contributed by atoms with Gasteiger partial charge in [0.2, 0.25) is 0 Å². The largest absolute Gasteiger partial charge is 0.497 e. The van der Waals surface area contributed by atoms with Gasteiger partial charge in [-0.25, -0.2) is 0 Å². The van der Waals surface area contributed by atoms with Gasteiger partial charge in [-0.1, -0.05) is 22.0 Å². The third-order valence-electron chi connectivity index (χ3n) is 2.96. The molecule has 0 bridgehead atoms. The minimum atomic E-state index is 0.668. The molecule has 2 aromatic carbocycles. The Balaban J connectivity index is 2.32. The zero-order valence-corrected chi connectivity index (χ0v) is 12.6. The number of nitrogens with zero attached hydrogens (tertiary/aromatic N) is 1. The predicted octanol–water partition coefficient (Wildman–Crippen LogP) is 4.46. The maximum atomic E-state index is 5.41. The van der Waals surface area contributed by atoms with Crippen LogP contribution in [0.3, 0.4) is 0 Å². The molecule has 0 aliphatic rings. The summed E-state index contributed by atoms with van der Waals surface area (Å²) in [5, 5.41) is 0. The minimum absolute atomic E-state index is 0.668. The summed E-state index contributed by atoms with van der Waals surface area (Å²) >= 11 is 8.90. The van der Waals surface area contributed by atoms with Gasteiger partial charge >= 0.3 is 0 Å². The first-order valence-corrected chi connectivity index (χ1v) is 6.94. The second-order valence-electron chi connectivity index (χ2n) is 4.13. The van der Waals surface area contributed by atoms with Crippen LogP contribution in [0.2, 0.25) is 0 Å². The van der Waals surface area contributed by atoms with Gasteiger partial charge in [-0.05, 0) is 42.5 Å².